The van der Waals surface area contributed by atoms with Gasteiger partial charge < -0.3 is 4.90 Å². The number of hydrogen-bond donors (Lipinski definition) is 0. The molecule has 2 aromatic rings. The molecular weight excluding hydrogens is 276 g/mol. The molecule has 102 valence electrons. The first-order valence-electron chi connectivity index (χ1n) is 5.75. The Morgan fingerprint density at radius 2 is 2.05 bits per heavy atom. The minimum Gasteiger partial charge on any atom is -0.378 e. The number of aromatic nitrogens is 2. The molecule has 0 radical (unpaired) electrons. The third-order valence-electron chi connectivity index (χ3n) is 2.46. The van der Waals surface area contributed by atoms with Crippen molar-refractivity contribution in [2.45, 2.75) is 6.67 Å². The fourth-order valence-electron chi connectivity index (χ4n) is 1.42. The van der Waals surface area contributed by atoms with E-state index in [-0.39, 0.29) is 6.67 Å². The highest BCUT2D eigenvalue weighted by Gasteiger charge is 2.10. The molecule has 0 atom stereocenters. The number of hydrogen-bond acceptors (Lipinski definition) is 6. The van der Waals surface area contributed by atoms with Gasteiger partial charge in [-0.25, -0.2) is 4.57 Å². The predicted molar refractivity (Wildman–Crippen MR) is 76.4 cm³/mol. The van der Waals surface area contributed by atoms with Crippen molar-refractivity contribution in [1.82, 2.24) is 4.37 Å². The van der Waals surface area contributed by atoms with Crippen molar-refractivity contribution in [3.63, 3.8) is 0 Å². The second kappa shape index (κ2) is 6.60. The summed E-state index contributed by atoms with van der Waals surface area (Å²) in [5, 5.41) is 12.3. The largest absolute Gasteiger partial charge is 0.378 e. The number of benzene rings is 1. The van der Waals surface area contributed by atoms with E-state index in [1.54, 1.807) is 10.9 Å². The van der Waals surface area contributed by atoms with Gasteiger partial charge in [-0.3, -0.25) is 0 Å². The average Bonchev–Trinajstić information content (AvgIpc) is 2.90. The lowest BCUT2D eigenvalue weighted by molar-refractivity contribution is -0.681. The fourth-order valence-corrected chi connectivity index (χ4v) is 1.96. The molecule has 0 saturated heterocycles. The Hall–Kier alpha value is -2.51. The number of azo groups is 1. The molecule has 0 bridgehead atoms. The lowest BCUT2D eigenvalue weighted by atomic mass is 10.3. The van der Waals surface area contributed by atoms with E-state index >= 15 is 0 Å². The summed E-state index contributed by atoms with van der Waals surface area (Å²) in [6.45, 7) is 0.154. The van der Waals surface area contributed by atoms with Crippen LogP contribution in [0.4, 0.5) is 16.5 Å². The summed E-state index contributed by atoms with van der Waals surface area (Å²) < 4.78 is 5.61. The van der Waals surface area contributed by atoms with Gasteiger partial charge in [0.15, 0.2) is 6.67 Å². The van der Waals surface area contributed by atoms with Crippen LogP contribution in [0, 0.1) is 0 Å². The second-order valence-electron chi connectivity index (χ2n) is 4.05. The summed E-state index contributed by atoms with van der Waals surface area (Å²) in [6.07, 6.45) is 1.56. The standard InChI is InChI=1S/C11H13N8S/c1-18(2)10-5-3-9(4-6-10)15-16-11-19(7-13-17-12)8-14-20-11/h3-6,8H,7H2,1-2H3/q+1. The SMILES string of the molecule is CN(C)c1ccc(N=Nc2snc[n+]2CN=[N+]=[N-])cc1. The van der Waals surface area contributed by atoms with Crippen LogP contribution < -0.4 is 9.47 Å². The molecule has 20 heavy (non-hydrogen) atoms. The van der Waals surface area contributed by atoms with E-state index in [1.807, 2.05) is 43.3 Å². The Labute approximate surface area is 119 Å². The Kier molecular flexibility index (Phi) is 4.59. The lowest BCUT2D eigenvalue weighted by Crippen LogP contribution is -2.29. The second-order valence-corrected chi connectivity index (χ2v) is 4.81. The van der Waals surface area contributed by atoms with Crippen LogP contribution in [0.2, 0.25) is 0 Å². The van der Waals surface area contributed by atoms with E-state index in [4.69, 9.17) is 5.53 Å². The van der Waals surface area contributed by atoms with Crippen LogP contribution in [0.3, 0.4) is 0 Å². The van der Waals surface area contributed by atoms with E-state index in [9.17, 15) is 0 Å². The highest BCUT2D eigenvalue weighted by Crippen LogP contribution is 2.20. The minimum absolute atomic E-state index is 0.154. The van der Waals surface area contributed by atoms with Gasteiger partial charge >= 0.3 is 5.13 Å². The normalized spacial score (nSPS) is 10.5. The summed E-state index contributed by atoms with van der Waals surface area (Å²) in [6, 6.07) is 7.71. The van der Waals surface area contributed by atoms with Gasteiger partial charge in [-0.15, -0.1) is 0 Å². The molecule has 0 unspecified atom stereocenters. The zero-order valence-corrected chi connectivity index (χ0v) is 11.9. The number of rotatable bonds is 5. The number of azide groups is 1. The van der Waals surface area contributed by atoms with Crippen molar-refractivity contribution < 1.29 is 4.57 Å². The van der Waals surface area contributed by atoms with E-state index in [0.29, 0.717) is 5.13 Å². The number of nitrogens with zero attached hydrogens (tertiary/aromatic N) is 8. The maximum atomic E-state index is 8.30. The molecule has 0 aliphatic rings. The zero-order valence-electron chi connectivity index (χ0n) is 11.1. The first kappa shape index (κ1) is 13.9. The molecular formula is C11H13N8S+. The van der Waals surface area contributed by atoms with Crippen LogP contribution >= 0.6 is 11.5 Å². The van der Waals surface area contributed by atoms with Gasteiger partial charge in [0, 0.05) is 29.8 Å². The van der Waals surface area contributed by atoms with E-state index in [2.05, 4.69) is 24.6 Å². The summed E-state index contributed by atoms with van der Waals surface area (Å²) in [5.74, 6) is 0. The van der Waals surface area contributed by atoms with Crippen LogP contribution in [-0.4, -0.2) is 18.5 Å². The van der Waals surface area contributed by atoms with Gasteiger partial charge in [0.1, 0.15) is 17.2 Å². The Morgan fingerprint density at radius 1 is 1.30 bits per heavy atom. The molecule has 0 aliphatic heterocycles. The number of anilines is 1. The van der Waals surface area contributed by atoms with Gasteiger partial charge in [-0.1, -0.05) is 10.2 Å². The van der Waals surface area contributed by atoms with E-state index in [1.165, 1.54) is 11.5 Å². The highest BCUT2D eigenvalue weighted by atomic mass is 32.1. The van der Waals surface area contributed by atoms with Crippen molar-refractivity contribution in [3.8, 4) is 0 Å². The topological polar surface area (TPSA) is 93.5 Å². The highest BCUT2D eigenvalue weighted by molar-refractivity contribution is 7.08. The quantitative estimate of drug-likeness (QED) is 0.366. The Balaban J connectivity index is 2.13. The van der Waals surface area contributed by atoms with Crippen molar-refractivity contribution in [2.24, 2.45) is 15.3 Å². The van der Waals surface area contributed by atoms with Gasteiger partial charge in [-0.05, 0) is 34.2 Å². The van der Waals surface area contributed by atoms with Gasteiger partial charge in [-0.2, -0.15) is 0 Å². The van der Waals surface area contributed by atoms with Crippen LogP contribution in [0.1, 0.15) is 0 Å². The predicted octanol–water partition coefficient (Wildman–Crippen LogP) is 3.18. The molecule has 0 spiro atoms. The zero-order chi connectivity index (χ0) is 14.4. The molecule has 0 amide bonds. The lowest BCUT2D eigenvalue weighted by Gasteiger charge is -2.11. The average molecular weight is 289 g/mol. The van der Waals surface area contributed by atoms with E-state index < -0.39 is 0 Å². The van der Waals surface area contributed by atoms with Crippen molar-refractivity contribution in [2.75, 3.05) is 19.0 Å². The molecule has 1 heterocycles. The van der Waals surface area contributed by atoms with Gasteiger partial charge in [0.2, 0.25) is 6.33 Å². The molecule has 9 heteroatoms. The van der Waals surface area contributed by atoms with Gasteiger partial charge in [0.25, 0.3) is 0 Å². The smallest absolute Gasteiger partial charge is 0.378 e. The molecule has 0 saturated carbocycles. The van der Waals surface area contributed by atoms with Crippen LogP contribution in [0.5, 0.6) is 0 Å². The molecule has 0 N–H and O–H groups in total. The van der Waals surface area contributed by atoms with Crippen molar-refractivity contribution in [3.05, 3.63) is 41.0 Å². The van der Waals surface area contributed by atoms with Crippen LogP contribution in [0.25, 0.3) is 10.4 Å². The molecule has 2 rings (SSSR count). The van der Waals surface area contributed by atoms with Crippen molar-refractivity contribution >= 4 is 28.0 Å². The summed E-state index contributed by atoms with van der Waals surface area (Å²) in [7, 11) is 3.96. The molecule has 8 nitrogen and oxygen atoms in total. The van der Waals surface area contributed by atoms with Gasteiger partial charge in [0.05, 0.1) is 0 Å². The fraction of sp³-hybridized carbons (Fsp3) is 0.273. The van der Waals surface area contributed by atoms with E-state index in [0.717, 1.165) is 11.4 Å². The first-order valence-corrected chi connectivity index (χ1v) is 6.52. The van der Waals surface area contributed by atoms with Crippen LogP contribution in [-0.2, 0) is 6.67 Å². The Bertz CT molecular complexity index is 639. The molecule has 0 fully saturated rings. The third kappa shape index (κ3) is 3.50. The minimum atomic E-state index is 0.154. The first-order chi connectivity index (χ1) is 9.70. The summed E-state index contributed by atoms with van der Waals surface area (Å²) in [4.78, 5) is 4.71. The maximum absolute atomic E-state index is 8.30. The monoisotopic (exact) mass is 289 g/mol. The summed E-state index contributed by atoms with van der Waals surface area (Å²) >= 11 is 1.19. The maximum Gasteiger partial charge on any atom is 0.378 e. The van der Waals surface area contributed by atoms with Crippen molar-refractivity contribution in [1.29, 1.82) is 0 Å². The summed E-state index contributed by atoms with van der Waals surface area (Å²) in [5.41, 5.74) is 10.2. The molecule has 0 aliphatic carbocycles. The third-order valence-corrected chi connectivity index (χ3v) is 3.14. The van der Waals surface area contributed by atoms with Crippen LogP contribution in [0.15, 0.2) is 45.9 Å². The Morgan fingerprint density at radius 3 is 2.70 bits per heavy atom. The molecule has 1 aromatic heterocycles. The molecule has 1 aromatic carbocycles.